The van der Waals surface area contributed by atoms with E-state index in [1.807, 2.05) is 0 Å². The summed E-state index contributed by atoms with van der Waals surface area (Å²) in [7, 11) is -0.232. The highest BCUT2D eigenvalue weighted by atomic mass is 28.4. The molecular weight excluding hydrogens is 585 g/mol. The lowest BCUT2D eigenvalue weighted by atomic mass is 9.93. The largest absolute Gasteiger partial charge is 0.414 e. The Morgan fingerprint density at radius 3 is 1.33 bits per heavy atom. The van der Waals surface area contributed by atoms with Crippen molar-refractivity contribution in [3.05, 3.63) is 0 Å². The van der Waals surface area contributed by atoms with E-state index < -0.39 is 16.6 Å². The Morgan fingerprint density at radius 1 is 0.535 bits per heavy atom. The number of ether oxygens (including phenoxy) is 7. The molecule has 11 heteroatoms. The van der Waals surface area contributed by atoms with Gasteiger partial charge < -0.3 is 42.0 Å². The summed E-state index contributed by atoms with van der Waals surface area (Å²) in [4.78, 5) is 0. The predicted molar refractivity (Wildman–Crippen MR) is 180 cm³/mol. The van der Waals surface area contributed by atoms with Crippen LogP contribution in [0.5, 0.6) is 0 Å². The maximum absolute atomic E-state index is 6.48. The molecule has 0 bridgehead atoms. The molecule has 0 N–H and O–H groups in total. The lowest BCUT2D eigenvalue weighted by molar-refractivity contribution is -0.107. The van der Waals surface area contributed by atoms with Gasteiger partial charge in [-0.1, -0.05) is 48.5 Å². The number of hydrogen-bond donors (Lipinski definition) is 0. The first kappa shape index (κ1) is 43.1. The Kier molecular flexibility index (Phi) is 21.8. The molecule has 0 saturated carbocycles. The third-order valence-corrected chi connectivity index (χ3v) is 18.0. The Labute approximate surface area is 267 Å². The lowest BCUT2D eigenvalue weighted by Crippen LogP contribution is -2.41. The molecule has 0 radical (unpaired) electrons. The third-order valence-electron chi connectivity index (χ3n) is 8.96. The van der Waals surface area contributed by atoms with E-state index in [-0.39, 0.29) is 21.8 Å². The normalized spacial score (nSPS) is 13.8. The molecule has 0 spiro atoms. The topological polar surface area (TPSA) is 83.1 Å². The zero-order valence-corrected chi connectivity index (χ0v) is 32.4. The van der Waals surface area contributed by atoms with Crippen molar-refractivity contribution < 1.29 is 42.0 Å². The Morgan fingerprint density at radius 2 is 0.930 bits per heavy atom. The van der Waals surface area contributed by atoms with Gasteiger partial charge in [0.15, 0.2) is 16.6 Å². The van der Waals surface area contributed by atoms with Crippen molar-refractivity contribution in [2.75, 3.05) is 93.5 Å². The van der Waals surface area contributed by atoms with E-state index in [0.717, 1.165) is 19.3 Å². The second-order valence-electron chi connectivity index (χ2n) is 14.3. The van der Waals surface area contributed by atoms with E-state index in [2.05, 4.69) is 74.7 Å². The van der Waals surface area contributed by atoms with Gasteiger partial charge in [-0.25, -0.2) is 0 Å². The average Bonchev–Trinajstić information content (AvgIpc) is 2.90. The quantitative estimate of drug-likeness (QED) is 0.0710. The van der Waals surface area contributed by atoms with Gasteiger partial charge in [0, 0.05) is 27.4 Å². The summed E-state index contributed by atoms with van der Waals surface area (Å²) in [5.74, 6) is 0. The van der Waals surface area contributed by atoms with Crippen LogP contribution in [0, 0.1) is 0 Å². The summed E-state index contributed by atoms with van der Waals surface area (Å²) < 4.78 is 53.0. The van der Waals surface area contributed by atoms with Crippen LogP contribution in [-0.4, -0.2) is 122 Å². The fraction of sp³-hybridized carbons (Fsp3) is 1.00. The van der Waals surface area contributed by atoms with Crippen molar-refractivity contribution in [1.29, 1.82) is 0 Å². The van der Waals surface area contributed by atoms with Crippen LogP contribution in [0.4, 0.5) is 0 Å². The van der Waals surface area contributed by atoms with Crippen molar-refractivity contribution in [1.82, 2.24) is 0 Å². The minimum Gasteiger partial charge on any atom is -0.414 e. The van der Waals surface area contributed by atoms with Crippen molar-refractivity contribution in [3.63, 3.8) is 0 Å². The first-order chi connectivity index (χ1) is 20.0. The fourth-order valence-corrected chi connectivity index (χ4v) is 5.85. The van der Waals surface area contributed by atoms with Gasteiger partial charge in [0.1, 0.15) is 6.10 Å². The van der Waals surface area contributed by atoms with Crippen molar-refractivity contribution in [2.45, 2.75) is 116 Å². The molecule has 0 aliphatic heterocycles. The smallest absolute Gasteiger partial charge is 0.192 e. The van der Waals surface area contributed by atoms with E-state index in [1.165, 1.54) is 0 Å². The fourth-order valence-electron chi connectivity index (χ4n) is 3.80. The van der Waals surface area contributed by atoms with E-state index in [0.29, 0.717) is 79.3 Å². The zero-order valence-electron chi connectivity index (χ0n) is 30.4. The summed E-state index contributed by atoms with van der Waals surface area (Å²) in [5, 5.41) is 0.384. The zero-order chi connectivity index (χ0) is 33.0. The molecule has 260 valence electrons. The number of hydrogen-bond acceptors (Lipinski definition) is 9. The van der Waals surface area contributed by atoms with Crippen LogP contribution >= 0.6 is 0 Å². The van der Waals surface area contributed by atoms with Gasteiger partial charge in [0.2, 0.25) is 0 Å². The van der Waals surface area contributed by atoms with Gasteiger partial charge in [-0.05, 0) is 55.5 Å². The highest BCUT2D eigenvalue weighted by Gasteiger charge is 2.38. The van der Waals surface area contributed by atoms with Crippen LogP contribution in [0.2, 0.25) is 36.3 Å². The second-order valence-corrected chi connectivity index (χ2v) is 24.0. The monoisotopic (exact) mass is 654 g/mol. The second kappa shape index (κ2) is 21.8. The number of methoxy groups -OCH3 is 2. The molecule has 0 amide bonds. The first-order valence-corrected chi connectivity index (χ1v) is 22.0. The standard InChI is InChI=1S/C32H70O9Si2/c1-14-32(15-17-35-21-25-40-42(10,11)30(2,3)4,16-18-36-22-26-41-43(12,13)31(5,6)7)39-24-20-37-19-23-38-29(27-33-8)28-34-9/h29H,14-28H2,1-13H3. The van der Waals surface area contributed by atoms with Crippen LogP contribution < -0.4 is 0 Å². The predicted octanol–water partition coefficient (Wildman–Crippen LogP) is 6.70. The molecule has 0 atom stereocenters. The maximum atomic E-state index is 6.48. The molecule has 0 aromatic rings. The van der Waals surface area contributed by atoms with Gasteiger partial charge in [0.05, 0.1) is 71.7 Å². The Balaban J connectivity index is 4.76. The van der Waals surface area contributed by atoms with E-state index in [9.17, 15) is 0 Å². The minimum absolute atomic E-state index is 0.0952. The van der Waals surface area contributed by atoms with Gasteiger partial charge in [-0.15, -0.1) is 0 Å². The van der Waals surface area contributed by atoms with Crippen molar-refractivity contribution in [2.24, 2.45) is 0 Å². The molecule has 0 rings (SSSR count). The van der Waals surface area contributed by atoms with E-state index in [4.69, 9.17) is 42.0 Å². The summed E-state index contributed by atoms with van der Waals surface area (Å²) in [6, 6.07) is 0. The Bertz CT molecular complexity index is 635. The average molecular weight is 655 g/mol. The molecule has 0 aromatic heterocycles. The molecule has 0 heterocycles. The highest BCUT2D eigenvalue weighted by Crippen LogP contribution is 2.37. The summed E-state index contributed by atoms with van der Waals surface area (Å²) in [5.41, 5.74) is -0.345. The van der Waals surface area contributed by atoms with Crippen molar-refractivity contribution >= 4 is 16.6 Å². The van der Waals surface area contributed by atoms with Crippen molar-refractivity contribution in [3.8, 4) is 0 Å². The van der Waals surface area contributed by atoms with Gasteiger partial charge in [-0.3, -0.25) is 0 Å². The van der Waals surface area contributed by atoms with Gasteiger partial charge in [-0.2, -0.15) is 0 Å². The minimum atomic E-state index is -1.77. The molecule has 9 nitrogen and oxygen atoms in total. The summed E-state index contributed by atoms with van der Waals surface area (Å²) >= 11 is 0. The van der Waals surface area contributed by atoms with Gasteiger partial charge in [0.25, 0.3) is 0 Å². The molecule has 0 aliphatic carbocycles. The molecule has 0 aliphatic rings. The molecule has 43 heavy (non-hydrogen) atoms. The first-order valence-electron chi connectivity index (χ1n) is 16.2. The Hall–Kier alpha value is 0.0738. The molecule has 0 unspecified atom stereocenters. The van der Waals surface area contributed by atoms with Gasteiger partial charge >= 0.3 is 0 Å². The lowest BCUT2D eigenvalue weighted by Gasteiger charge is -2.36. The van der Waals surface area contributed by atoms with Crippen LogP contribution in [0.15, 0.2) is 0 Å². The summed E-state index contributed by atoms with van der Waals surface area (Å²) in [6.07, 6.45) is 2.33. The highest BCUT2D eigenvalue weighted by molar-refractivity contribution is 6.74. The SMILES string of the molecule is CCC(CCOCCO[Si](C)(C)C(C)(C)C)(CCOCCO[Si](C)(C)C(C)(C)C)OCCOCCOC(COC)COC. The molecular formula is C32H70O9Si2. The molecule has 0 fully saturated rings. The maximum Gasteiger partial charge on any atom is 0.192 e. The van der Waals surface area contributed by atoms with E-state index in [1.54, 1.807) is 14.2 Å². The number of rotatable bonds is 27. The third kappa shape index (κ3) is 18.7. The molecule has 0 aromatic carbocycles. The van der Waals surface area contributed by atoms with Crippen LogP contribution in [0.3, 0.4) is 0 Å². The van der Waals surface area contributed by atoms with Crippen LogP contribution in [0.1, 0.15) is 67.7 Å². The summed E-state index contributed by atoms with van der Waals surface area (Å²) in [6.45, 7) is 31.4. The van der Waals surface area contributed by atoms with E-state index >= 15 is 0 Å². The molecule has 0 saturated heterocycles. The van der Waals surface area contributed by atoms with Crippen LogP contribution in [0.25, 0.3) is 0 Å². The van der Waals surface area contributed by atoms with Crippen LogP contribution in [-0.2, 0) is 42.0 Å².